The van der Waals surface area contributed by atoms with Crippen LogP contribution in [0.1, 0.15) is 265 Å². The van der Waals surface area contributed by atoms with Crippen LogP contribution in [-0.2, 0) is 42.9 Å². The van der Waals surface area contributed by atoms with Gasteiger partial charge in [0.2, 0.25) is 0 Å². The van der Waals surface area contributed by atoms with Crippen molar-refractivity contribution in [3.05, 3.63) is 97.2 Å². The lowest BCUT2D eigenvalue weighted by atomic mass is 9.98. The summed E-state index contributed by atoms with van der Waals surface area (Å²) >= 11 is 0. The molecule has 12 nitrogen and oxygen atoms in total. The lowest BCUT2D eigenvalue weighted by molar-refractivity contribution is -0.301. The number of hydrogen-bond acceptors (Lipinski definition) is 11. The number of aliphatic hydroxyl groups is 2. The third-order valence-corrected chi connectivity index (χ3v) is 14.1. The van der Waals surface area contributed by atoms with Crippen molar-refractivity contribution < 1.29 is 58.2 Å². The van der Waals surface area contributed by atoms with E-state index < -0.39 is 67.3 Å². The number of unbranched alkanes of at least 4 members (excludes halogenated alkanes) is 24. The Hall–Kier alpha value is -4.36. The summed E-state index contributed by atoms with van der Waals surface area (Å²) in [4.78, 5) is 51.3. The summed E-state index contributed by atoms with van der Waals surface area (Å²) in [5.74, 6) is -3.21. The number of allylic oxidation sites excluding steroid dienone is 16. The fourth-order valence-corrected chi connectivity index (χ4v) is 9.19. The third-order valence-electron chi connectivity index (χ3n) is 14.1. The number of aliphatic hydroxyl groups excluding tert-OH is 2. The van der Waals surface area contributed by atoms with Crippen LogP contribution < -0.4 is 0 Å². The van der Waals surface area contributed by atoms with Crippen molar-refractivity contribution in [1.82, 2.24) is 0 Å². The molecule has 0 aromatic carbocycles. The second-order valence-corrected chi connectivity index (χ2v) is 21.7. The first-order valence-corrected chi connectivity index (χ1v) is 32.2. The van der Waals surface area contributed by atoms with Crippen molar-refractivity contribution >= 4 is 23.9 Å². The van der Waals surface area contributed by atoms with E-state index in [-0.39, 0.29) is 25.9 Å². The van der Waals surface area contributed by atoms with E-state index in [0.717, 1.165) is 103 Å². The summed E-state index contributed by atoms with van der Waals surface area (Å²) < 4.78 is 28.4. The van der Waals surface area contributed by atoms with Gasteiger partial charge in [0.15, 0.2) is 24.6 Å². The summed E-state index contributed by atoms with van der Waals surface area (Å²) in [6.07, 6.45) is 62.3. The number of hydrogen-bond donors (Lipinski definition) is 3. The second kappa shape index (κ2) is 56.1. The monoisotopic (exact) mass is 1130 g/mol. The van der Waals surface area contributed by atoms with E-state index in [1.54, 1.807) is 0 Å². The maximum Gasteiger partial charge on any atom is 0.335 e. The van der Waals surface area contributed by atoms with Crippen LogP contribution in [0.25, 0.3) is 0 Å². The van der Waals surface area contributed by atoms with Crippen LogP contribution in [-0.4, -0.2) is 89.2 Å². The first-order valence-electron chi connectivity index (χ1n) is 32.2. The van der Waals surface area contributed by atoms with Crippen LogP contribution in [0.2, 0.25) is 0 Å². The second-order valence-electron chi connectivity index (χ2n) is 21.7. The van der Waals surface area contributed by atoms with E-state index in [4.69, 9.17) is 23.7 Å². The predicted molar refractivity (Wildman–Crippen MR) is 331 cm³/mol. The van der Waals surface area contributed by atoms with Crippen LogP contribution in [0.3, 0.4) is 0 Å². The van der Waals surface area contributed by atoms with E-state index in [9.17, 15) is 34.5 Å². The minimum Gasteiger partial charge on any atom is -0.479 e. The van der Waals surface area contributed by atoms with E-state index in [1.165, 1.54) is 96.3 Å². The molecular weight excluding hydrogens is 1020 g/mol. The highest BCUT2D eigenvalue weighted by Gasteiger charge is 2.50. The van der Waals surface area contributed by atoms with Gasteiger partial charge in [0, 0.05) is 19.3 Å². The van der Waals surface area contributed by atoms with Gasteiger partial charge >= 0.3 is 23.9 Å². The molecule has 0 spiro atoms. The Labute approximate surface area is 492 Å². The van der Waals surface area contributed by atoms with Gasteiger partial charge in [-0.1, -0.05) is 227 Å². The molecular formula is C69H114O12. The number of carbonyl (C=O) groups is 4. The Bertz CT molecular complexity index is 1780. The van der Waals surface area contributed by atoms with Crippen LogP contribution in [0.15, 0.2) is 97.2 Å². The molecule has 12 heteroatoms. The van der Waals surface area contributed by atoms with Gasteiger partial charge in [0.25, 0.3) is 0 Å². The van der Waals surface area contributed by atoms with Crippen LogP contribution in [0.5, 0.6) is 0 Å². The Morgan fingerprint density at radius 3 is 1.26 bits per heavy atom. The first kappa shape index (κ1) is 74.7. The standard InChI is InChI=1S/C69H114O12/c1-4-7-10-13-16-19-22-25-28-30-31-33-35-37-40-43-46-49-52-55-61(70)77-58-60(79-62(71)56-53-50-47-44-41-39-36-32-29-26-23-20-17-14-11-8-5-2)59-78-69-67(65(74)64(73)66(81-69)68(75)76)80-63(72)57-54-51-48-45-42-38-34-27-24-21-18-15-12-9-6-3/h8,11,16-17,19-20,25-29,34,36,39,44,47,60,64-67,69,73-74H,4-7,9-10,12-15,18,21-24,30-33,35,37-38,40-43,45-46,48-59H2,1-3H3,(H,75,76)/b11-8-,19-16-,20-17-,28-25-,29-26-,34-27-,39-36-,47-44-. The van der Waals surface area contributed by atoms with E-state index >= 15 is 0 Å². The highest BCUT2D eigenvalue weighted by molar-refractivity contribution is 5.74. The van der Waals surface area contributed by atoms with Crippen LogP contribution in [0.4, 0.5) is 0 Å². The summed E-state index contributed by atoms with van der Waals surface area (Å²) in [5, 5.41) is 31.6. The van der Waals surface area contributed by atoms with Crippen molar-refractivity contribution in [1.29, 1.82) is 0 Å². The lowest BCUT2D eigenvalue weighted by Gasteiger charge is -2.40. The van der Waals surface area contributed by atoms with Gasteiger partial charge in [-0.3, -0.25) is 14.4 Å². The molecule has 6 atom stereocenters. The molecule has 0 aromatic rings. The molecule has 0 saturated carbocycles. The molecule has 1 rings (SSSR count). The highest BCUT2D eigenvalue weighted by atomic mass is 16.7. The van der Waals surface area contributed by atoms with Gasteiger partial charge in [-0.15, -0.1) is 0 Å². The number of esters is 3. The zero-order chi connectivity index (χ0) is 58.9. The van der Waals surface area contributed by atoms with Gasteiger partial charge in [-0.2, -0.15) is 0 Å². The fraction of sp³-hybridized carbons (Fsp3) is 0.710. The molecule has 0 bridgehead atoms. The number of aliphatic carboxylic acids is 1. The predicted octanol–water partition coefficient (Wildman–Crippen LogP) is 17.2. The molecule has 81 heavy (non-hydrogen) atoms. The number of carboxylic acids is 1. The minimum absolute atomic E-state index is 0.0403. The van der Waals surface area contributed by atoms with Gasteiger partial charge in [0.05, 0.1) is 6.61 Å². The van der Waals surface area contributed by atoms with Crippen molar-refractivity contribution in [3.63, 3.8) is 0 Å². The number of rotatable bonds is 54. The molecule has 3 N–H and O–H groups in total. The summed E-state index contributed by atoms with van der Waals surface area (Å²) in [5.41, 5.74) is 0. The Balaban J connectivity index is 2.71. The van der Waals surface area contributed by atoms with Gasteiger partial charge in [-0.25, -0.2) is 4.79 Å². The molecule has 0 radical (unpaired) electrons. The number of carbonyl (C=O) groups excluding carboxylic acids is 3. The molecule has 0 aromatic heterocycles. The highest BCUT2D eigenvalue weighted by Crippen LogP contribution is 2.26. The van der Waals surface area contributed by atoms with Crippen LogP contribution >= 0.6 is 0 Å². The Morgan fingerprint density at radius 2 is 0.790 bits per heavy atom. The Morgan fingerprint density at radius 1 is 0.420 bits per heavy atom. The molecule has 6 unspecified atom stereocenters. The summed E-state index contributed by atoms with van der Waals surface area (Å²) in [6, 6.07) is 0. The van der Waals surface area contributed by atoms with Crippen molar-refractivity contribution in [2.75, 3.05) is 13.2 Å². The lowest BCUT2D eigenvalue weighted by Crippen LogP contribution is -2.61. The molecule has 1 saturated heterocycles. The Kier molecular flexibility index (Phi) is 51.7. The zero-order valence-corrected chi connectivity index (χ0v) is 51.0. The molecule has 462 valence electrons. The molecule has 1 fully saturated rings. The third kappa shape index (κ3) is 45.8. The number of ether oxygens (including phenoxy) is 5. The molecule has 1 heterocycles. The van der Waals surface area contributed by atoms with Crippen molar-refractivity contribution in [2.24, 2.45) is 0 Å². The molecule has 1 aliphatic rings. The fourth-order valence-electron chi connectivity index (χ4n) is 9.19. The van der Waals surface area contributed by atoms with E-state index in [2.05, 4.69) is 106 Å². The van der Waals surface area contributed by atoms with Crippen molar-refractivity contribution in [2.45, 2.75) is 302 Å². The number of carboxylic acid groups (broad SMARTS) is 1. The summed E-state index contributed by atoms with van der Waals surface area (Å²) in [6.45, 7) is 5.81. The first-order chi connectivity index (χ1) is 39.6. The van der Waals surface area contributed by atoms with Crippen molar-refractivity contribution in [3.8, 4) is 0 Å². The minimum atomic E-state index is -1.92. The van der Waals surface area contributed by atoms with Gasteiger partial charge in [0.1, 0.15) is 18.8 Å². The van der Waals surface area contributed by atoms with Gasteiger partial charge in [-0.05, 0) is 116 Å². The molecule has 1 aliphatic heterocycles. The zero-order valence-electron chi connectivity index (χ0n) is 51.0. The van der Waals surface area contributed by atoms with E-state index in [0.29, 0.717) is 25.7 Å². The average molecular weight is 1140 g/mol. The quantitative estimate of drug-likeness (QED) is 0.0228. The largest absolute Gasteiger partial charge is 0.479 e. The summed E-state index contributed by atoms with van der Waals surface area (Å²) in [7, 11) is 0. The van der Waals surface area contributed by atoms with E-state index in [1.807, 2.05) is 12.2 Å². The smallest absolute Gasteiger partial charge is 0.335 e. The normalized spacial score (nSPS) is 18.4. The van der Waals surface area contributed by atoms with Gasteiger partial charge < -0.3 is 39.0 Å². The van der Waals surface area contributed by atoms with Crippen LogP contribution in [0, 0.1) is 0 Å². The maximum absolute atomic E-state index is 13.2. The SMILES string of the molecule is CC/C=C\C/C=C\C/C=C\C/C=C\C/C=C\CCCC(=O)OC(COC(=O)CCCCCCCCCCC/C=C\C/C=C\CCCCC)COC1OC(C(=O)O)C(O)C(O)C1OC(=O)CCCCCCC/C=C\CCCCCCCC. The maximum atomic E-state index is 13.2. The molecule has 0 amide bonds. The average Bonchev–Trinajstić information content (AvgIpc) is 3.52. The molecule has 0 aliphatic carbocycles. The topological polar surface area (TPSA) is 175 Å².